The fourth-order valence-electron chi connectivity index (χ4n) is 0.215. The Morgan fingerprint density at radius 2 is 2.10 bits per heavy atom. The summed E-state index contributed by atoms with van der Waals surface area (Å²) >= 11 is 0. The summed E-state index contributed by atoms with van der Waals surface area (Å²) in [6.45, 7) is 0. The van der Waals surface area contributed by atoms with Gasteiger partial charge in [0.1, 0.15) is 0 Å². The second-order valence-corrected chi connectivity index (χ2v) is 0.895. The van der Waals surface area contributed by atoms with Crippen molar-refractivity contribution in [2.75, 3.05) is 0 Å². The summed E-state index contributed by atoms with van der Waals surface area (Å²) in [5.74, 6) is 0. The van der Waals surface area contributed by atoms with Crippen LogP contribution < -0.4 is 34.6 Å². The average Bonchev–Trinajstić information content (AvgIpc) is 2.17. The van der Waals surface area contributed by atoms with Gasteiger partial charge in [0.2, 0.25) is 0 Å². The van der Waals surface area contributed by atoms with Crippen molar-refractivity contribution < 1.29 is 45.1 Å². The van der Waals surface area contributed by atoms with E-state index in [9.17, 15) is 0 Å². The van der Waals surface area contributed by atoms with Crippen LogP contribution in [0.15, 0.2) is 18.5 Å². The van der Waals surface area contributed by atoms with E-state index in [0.717, 1.165) is 0 Å². The van der Waals surface area contributed by atoms with Crippen molar-refractivity contribution in [3.05, 3.63) is 18.5 Å². The van der Waals surface area contributed by atoms with Gasteiger partial charge in [-0.25, -0.2) is 0 Å². The van der Waals surface area contributed by atoms with E-state index in [-0.39, 0.29) is 35.0 Å². The van der Waals surface area contributed by atoms with Gasteiger partial charge < -0.3 is 15.5 Å². The summed E-state index contributed by atoms with van der Waals surface area (Å²) in [5.41, 5.74) is 0. The van der Waals surface area contributed by atoms with Crippen LogP contribution in [0.5, 0.6) is 0 Å². The van der Waals surface area contributed by atoms with E-state index in [0.29, 0.717) is 0 Å². The second kappa shape index (κ2) is 16.1. The van der Waals surface area contributed by atoms with Gasteiger partial charge in [0.15, 0.2) is 7.69 Å². The van der Waals surface area contributed by atoms with Gasteiger partial charge >= 0.3 is 29.6 Å². The average molecular weight is 154 g/mol. The molecule has 0 saturated carbocycles. The van der Waals surface area contributed by atoms with Gasteiger partial charge in [-0.2, -0.15) is 5.10 Å². The summed E-state index contributed by atoms with van der Waals surface area (Å²) in [6, 6.07) is 1.83. The number of aromatic nitrogens is 2. The van der Waals surface area contributed by atoms with E-state index < -0.39 is 7.69 Å². The van der Waals surface area contributed by atoms with Crippen LogP contribution >= 0.6 is 0 Å². The number of H-pyrrole nitrogens is 1. The Kier molecular flexibility index (Phi) is 26.7. The van der Waals surface area contributed by atoms with E-state index in [1.165, 1.54) is 0 Å². The number of nitrogens with zero attached hydrogens (tertiary/aromatic N) is 1. The molecule has 0 bridgehead atoms. The van der Waals surface area contributed by atoms with E-state index in [4.69, 9.17) is 10.0 Å². The molecule has 0 fully saturated rings. The molecule has 0 aliphatic rings. The monoisotopic (exact) mass is 154 g/mol. The Balaban J connectivity index is -0.0000000900. The van der Waals surface area contributed by atoms with E-state index >= 15 is 0 Å². The topological polar surface area (TPSA) is 103 Å². The molecule has 4 N–H and O–H groups in total. The van der Waals surface area contributed by atoms with Gasteiger partial charge in [-0.05, 0) is 6.07 Å². The van der Waals surface area contributed by atoms with Crippen LogP contribution in [0.2, 0.25) is 0 Å². The maximum absolute atomic E-state index is 8.49. The predicted octanol–water partition coefficient (Wildman–Crippen LogP) is -5.81. The summed E-state index contributed by atoms with van der Waals surface area (Å²) < 4.78 is 0. The number of hydrogen-bond donors (Lipinski definition) is 2. The first kappa shape index (κ1) is 16.6. The molecule has 52 valence electrons. The summed E-state index contributed by atoms with van der Waals surface area (Å²) in [7, 11) is -1.00. The smallest absolute Gasteiger partial charge is 0.859 e. The predicted molar refractivity (Wildman–Crippen MR) is 31.6 cm³/mol. The molecule has 1 rings (SSSR count). The Labute approximate surface area is 81.4 Å². The quantitative estimate of drug-likeness (QED) is 0.363. The van der Waals surface area contributed by atoms with Gasteiger partial charge in [-0.15, -0.1) is 0 Å². The molecular formula is C3H8BN2NaO3. The normalized spacial score (nSPS) is 5.40. The van der Waals surface area contributed by atoms with Crippen LogP contribution in [0.25, 0.3) is 0 Å². The molecule has 0 atom stereocenters. The number of rotatable bonds is 0. The van der Waals surface area contributed by atoms with Crippen molar-refractivity contribution in [1.29, 1.82) is 0 Å². The van der Waals surface area contributed by atoms with E-state index in [2.05, 4.69) is 10.2 Å². The third-order valence-corrected chi connectivity index (χ3v) is 0.406. The number of nitrogens with one attached hydrogen (secondary N) is 1. The maximum atomic E-state index is 8.49. The van der Waals surface area contributed by atoms with Crippen LogP contribution in [0, 0.1) is 0 Å². The van der Waals surface area contributed by atoms with Gasteiger partial charge in [0.25, 0.3) is 0 Å². The van der Waals surface area contributed by atoms with Crippen molar-refractivity contribution >= 4 is 7.69 Å². The molecule has 0 saturated heterocycles. The Bertz CT molecular complexity index is 88.6. The third-order valence-electron chi connectivity index (χ3n) is 0.406. The zero-order valence-corrected chi connectivity index (χ0v) is 7.74. The fraction of sp³-hybridized carbons (Fsp3) is 0. The Morgan fingerprint density at radius 3 is 2.20 bits per heavy atom. The van der Waals surface area contributed by atoms with Crippen LogP contribution in [-0.4, -0.2) is 28.4 Å². The zero-order chi connectivity index (χ0) is 6.24. The summed E-state index contributed by atoms with van der Waals surface area (Å²) in [6.07, 6.45) is 3.46. The van der Waals surface area contributed by atoms with Crippen molar-refractivity contribution in [3.8, 4) is 0 Å². The molecule has 0 aromatic carbocycles. The maximum Gasteiger partial charge on any atom is 1.00 e. The van der Waals surface area contributed by atoms with Crippen molar-refractivity contribution in [3.63, 3.8) is 0 Å². The van der Waals surface area contributed by atoms with Gasteiger partial charge in [-0.3, -0.25) is 5.10 Å². The van der Waals surface area contributed by atoms with Crippen LogP contribution in [-0.2, 0) is 0 Å². The second-order valence-electron chi connectivity index (χ2n) is 0.895. The molecule has 0 amide bonds. The van der Waals surface area contributed by atoms with Crippen molar-refractivity contribution in [2.24, 2.45) is 0 Å². The SMILES string of the molecule is O.[Na+].[O-]BO.c1cn[nH]c1. The molecule has 5 nitrogen and oxygen atoms in total. The minimum absolute atomic E-state index is 0. The summed E-state index contributed by atoms with van der Waals surface area (Å²) in [5, 5.41) is 21.7. The molecule has 0 aliphatic heterocycles. The van der Waals surface area contributed by atoms with Gasteiger partial charge in [-0.1, -0.05) is 0 Å². The minimum atomic E-state index is -1.00. The first-order chi connectivity index (χ1) is 3.91. The van der Waals surface area contributed by atoms with Gasteiger partial charge in [0, 0.05) is 12.4 Å². The van der Waals surface area contributed by atoms with Crippen molar-refractivity contribution in [1.82, 2.24) is 10.2 Å². The minimum Gasteiger partial charge on any atom is -0.859 e. The van der Waals surface area contributed by atoms with E-state index in [1.807, 2.05) is 6.07 Å². The molecule has 1 aromatic heterocycles. The van der Waals surface area contributed by atoms with Crippen LogP contribution in [0.4, 0.5) is 0 Å². The van der Waals surface area contributed by atoms with Crippen molar-refractivity contribution in [2.45, 2.75) is 0 Å². The first-order valence-electron chi connectivity index (χ1n) is 2.04. The standard InChI is InChI=1S/C3H4N2.BH2O2.Na.H2O/c1-2-4-5-3-1;2-1-3;;/h1-3H,(H,4,5);1-2H;;1H2/q;-1;+1;. The molecular weight excluding hydrogens is 146 g/mol. The molecule has 0 radical (unpaired) electrons. The Morgan fingerprint density at radius 1 is 1.60 bits per heavy atom. The van der Waals surface area contributed by atoms with Crippen LogP contribution in [0.1, 0.15) is 0 Å². The third kappa shape index (κ3) is 15.7. The number of aromatic amines is 1. The molecule has 0 unspecified atom stereocenters. The number of hydrogen-bond acceptors (Lipinski definition) is 3. The summed E-state index contributed by atoms with van der Waals surface area (Å²) in [4.78, 5) is 0. The molecule has 0 aliphatic carbocycles. The molecule has 0 spiro atoms. The van der Waals surface area contributed by atoms with Crippen LogP contribution in [0.3, 0.4) is 0 Å². The largest absolute Gasteiger partial charge is 1.00 e. The zero-order valence-electron chi connectivity index (χ0n) is 5.74. The molecule has 1 aromatic rings. The molecule has 10 heavy (non-hydrogen) atoms. The molecule has 1 heterocycles. The fourth-order valence-corrected chi connectivity index (χ4v) is 0.215. The molecule has 7 heteroatoms. The van der Waals surface area contributed by atoms with Gasteiger partial charge in [0.05, 0.1) is 0 Å². The first-order valence-corrected chi connectivity index (χ1v) is 2.04. The Hall–Kier alpha value is 0.155. The van der Waals surface area contributed by atoms with E-state index in [1.54, 1.807) is 12.4 Å².